The average molecular weight is 210 g/mol. The van der Waals surface area contributed by atoms with Crippen molar-refractivity contribution in [3.8, 4) is 0 Å². The lowest BCUT2D eigenvalue weighted by Crippen LogP contribution is -2.45. The van der Waals surface area contributed by atoms with Crippen LogP contribution in [0.1, 0.15) is 27.7 Å². The summed E-state index contributed by atoms with van der Waals surface area (Å²) in [7, 11) is 0.854. The van der Waals surface area contributed by atoms with Crippen molar-refractivity contribution in [1.29, 1.82) is 0 Å². The van der Waals surface area contributed by atoms with Crippen LogP contribution in [-0.4, -0.2) is 27.5 Å². The zero-order chi connectivity index (χ0) is 11.6. The van der Waals surface area contributed by atoms with Crippen LogP contribution in [0.25, 0.3) is 0 Å². The minimum Gasteiger partial charge on any atom is -0.422 e. The molecule has 0 atom stereocenters. The molecule has 1 aromatic rings. The third kappa shape index (κ3) is 3.07. The van der Waals surface area contributed by atoms with Gasteiger partial charge in [0.05, 0.1) is 11.2 Å². The van der Waals surface area contributed by atoms with E-state index in [0.29, 0.717) is 11.5 Å². The minimum absolute atomic E-state index is 0.330. The maximum Gasteiger partial charge on any atom is 0.513 e. The Morgan fingerprint density at radius 2 is 2.13 bits per heavy atom. The molecule has 0 aromatic carbocycles. The standard InChI is InChI=1S/C10H19BN2O2/c1-8(2)10(3,4)15-11(14)9-6-7-13(5)12-9/h6-8,14H,1-5H3. The zero-order valence-corrected chi connectivity index (χ0v) is 10.1. The molecule has 1 N–H and O–H groups in total. The Bertz CT molecular complexity index is 323. The van der Waals surface area contributed by atoms with Crippen LogP contribution in [0.5, 0.6) is 0 Å². The van der Waals surface area contributed by atoms with Gasteiger partial charge in [0.2, 0.25) is 0 Å². The van der Waals surface area contributed by atoms with Gasteiger partial charge in [0.15, 0.2) is 0 Å². The Morgan fingerprint density at radius 1 is 1.53 bits per heavy atom. The van der Waals surface area contributed by atoms with Crippen molar-refractivity contribution < 1.29 is 9.68 Å². The summed E-state index contributed by atoms with van der Waals surface area (Å²) in [5.74, 6) is 0.330. The molecule has 84 valence electrons. The molecule has 0 aliphatic rings. The molecule has 0 saturated carbocycles. The fourth-order valence-corrected chi connectivity index (χ4v) is 1.05. The Balaban J connectivity index is 2.67. The van der Waals surface area contributed by atoms with E-state index in [1.807, 2.05) is 20.9 Å². The van der Waals surface area contributed by atoms with E-state index in [2.05, 4.69) is 18.9 Å². The molecule has 0 saturated heterocycles. The average Bonchev–Trinajstić information content (AvgIpc) is 2.50. The smallest absolute Gasteiger partial charge is 0.422 e. The third-order valence-electron chi connectivity index (χ3n) is 2.79. The second kappa shape index (κ2) is 4.37. The topological polar surface area (TPSA) is 47.3 Å². The maximum atomic E-state index is 9.82. The van der Waals surface area contributed by atoms with Gasteiger partial charge in [-0.3, -0.25) is 4.68 Å². The fraction of sp³-hybridized carbons (Fsp3) is 0.700. The van der Waals surface area contributed by atoms with Crippen molar-refractivity contribution in [2.45, 2.75) is 33.3 Å². The van der Waals surface area contributed by atoms with Crippen molar-refractivity contribution in [3.63, 3.8) is 0 Å². The number of hydrogen-bond acceptors (Lipinski definition) is 3. The summed E-state index contributed by atoms with van der Waals surface area (Å²) in [6.45, 7) is 8.05. The normalized spacial score (nSPS) is 12.2. The summed E-state index contributed by atoms with van der Waals surface area (Å²) in [5, 5.41) is 13.9. The summed E-state index contributed by atoms with van der Waals surface area (Å²) >= 11 is 0. The fourth-order valence-electron chi connectivity index (χ4n) is 1.05. The van der Waals surface area contributed by atoms with E-state index in [1.165, 1.54) is 0 Å². The summed E-state index contributed by atoms with van der Waals surface area (Å²) < 4.78 is 7.22. The number of rotatable bonds is 4. The molecule has 5 heteroatoms. The van der Waals surface area contributed by atoms with Gasteiger partial charge in [-0.25, -0.2) is 0 Å². The quantitative estimate of drug-likeness (QED) is 0.738. The van der Waals surface area contributed by atoms with Gasteiger partial charge >= 0.3 is 7.12 Å². The van der Waals surface area contributed by atoms with Crippen LogP contribution in [0, 0.1) is 5.92 Å². The Kier molecular flexibility index (Phi) is 3.57. The maximum absolute atomic E-state index is 9.82. The largest absolute Gasteiger partial charge is 0.513 e. The lowest BCUT2D eigenvalue weighted by Gasteiger charge is -2.30. The van der Waals surface area contributed by atoms with Crippen LogP contribution < -0.4 is 5.59 Å². The second-order valence-corrected chi connectivity index (χ2v) is 4.64. The van der Waals surface area contributed by atoms with Crippen molar-refractivity contribution >= 4 is 12.7 Å². The summed E-state index contributed by atoms with van der Waals surface area (Å²) in [6.07, 6.45) is 1.78. The molecule has 0 spiro atoms. The number of hydrogen-bond donors (Lipinski definition) is 1. The first-order valence-corrected chi connectivity index (χ1v) is 5.18. The molecule has 15 heavy (non-hydrogen) atoms. The molecule has 0 bridgehead atoms. The van der Waals surface area contributed by atoms with E-state index >= 15 is 0 Å². The summed E-state index contributed by atoms with van der Waals surface area (Å²) in [6, 6.07) is 1.75. The molecular formula is C10H19BN2O2. The lowest BCUT2D eigenvalue weighted by molar-refractivity contribution is 0.0420. The molecule has 1 rings (SSSR count). The van der Waals surface area contributed by atoms with Gasteiger partial charge in [-0.05, 0) is 25.8 Å². The molecular weight excluding hydrogens is 191 g/mol. The first kappa shape index (κ1) is 12.3. The Labute approximate surface area is 91.4 Å². The van der Waals surface area contributed by atoms with Crippen molar-refractivity contribution in [2.24, 2.45) is 13.0 Å². The summed E-state index contributed by atoms with van der Waals surface area (Å²) in [5.41, 5.74) is 0.183. The zero-order valence-electron chi connectivity index (χ0n) is 10.1. The highest BCUT2D eigenvalue weighted by molar-refractivity contribution is 6.59. The first-order valence-electron chi connectivity index (χ1n) is 5.18. The molecule has 0 fully saturated rings. The number of aromatic nitrogens is 2. The van der Waals surface area contributed by atoms with E-state index < -0.39 is 7.12 Å². The van der Waals surface area contributed by atoms with E-state index in [9.17, 15) is 5.02 Å². The summed E-state index contributed by atoms with van der Waals surface area (Å²) in [4.78, 5) is 0. The minimum atomic E-state index is -0.955. The van der Waals surface area contributed by atoms with Crippen LogP contribution in [0.2, 0.25) is 0 Å². The molecule has 4 nitrogen and oxygen atoms in total. The van der Waals surface area contributed by atoms with Gasteiger partial charge in [0.1, 0.15) is 0 Å². The van der Waals surface area contributed by atoms with Gasteiger partial charge in [-0.1, -0.05) is 13.8 Å². The van der Waals surface area contributed by atoms with Crippen LogP contribution >= 0.6 is 0 Å². The first-order chi connectivity index (χ1) is 6.83. The van der Waals surface area contributed by atoms with Crippen molar-refractivity contribution in [1.82, 2.24) is 9.78 Å². The Hall–Kier alpha value is -0.805. The van der Waals surface area contributed by atoms with Gasteiger partial charge in [0.25, 0.3) is 0 Å². The molecule has 0 unspecified atom stereocenters. The number of nitrogens with zero attached hydrogens (tertiary/aromatic N) is 2. The predicted molar refractivity (Wildman–Crippen MR) is 60.8 cm³/mol. The lowest BCUT2D eigenvalue weighted by atomic mass is 9.82. The predicted octanol–water partition coefficient (Wildman–Crippen LogP) is 0.559. The van der Waals surface area contributed by atoms with Crippen LogP contribution in [0.4, 0.5) is 0 Å². The van der Waals surface area contributed by atoms with Gasteiger partial charge < -0.3 is 9.68 Å². The van der Waals surface area contributed by atoms with E-state index in [0.717, 1.165) is 0 Å². The van der Waals surface area contributed by atoms with Crippen LogP contribution in [0.15, 0.2) is 12.3 Å². The van der Waals surface area contributed by atoms with Crippen molar-refractivity contribution in [3.05, 3.63) is 12.3 Å². The SMILES string of the molecule is CC(C)C(C)(C)OB(O)c1ccn(C)n1. The highest BCUT2D eigenvalue weighted by atomic mass is 16.5. The highest BCUT2D eigenvalue weighted by Crippen LogP contribution is 2.20. The van der Waals surface area contributed by atoms with Crippen LogP contribution in [-0.2, 0) is 11.7 Å². The second-order valence-electron chi connectivity index (χ2n) is 4.64. The highest BCUT2D eigenvalue weighted by Gasteiger charge is 2.31. The van der Waals surface area contributed by atoms with Gasteiger partial charge in [-0.15, -0.1) is 0 Å². The molecule has 0 aliphatic carbocycles. The Morgan fingerprint density at radius 3 is 2.53 bits per heavy atom. The van der Waals surface area contributed by atoms with Gasteiger partial charge in [-0.2, -0.15) is 5.10 Å². The molecule has 0 radical (unpaired) electrons. The molecule has 0 aliphatic heterocycles. The third-order valence-corrected chi connectivity index (χ3v) is 2.79. The molecule has 0 amide bonds. The van der Waals surface area contributed by atoms with Crippen LogP contribution in [0.3, 0.4) is 0 Å². The van der Waals surface area contributed by atoms with E-state index in [1.54, 1.807) is 16.9 Å². The monoisotopic (exact) mass is 210 g/mol. The molecule has 1 heterocycles. The van der Waals surface area contributed by atoms with Crippen molar-refractivity contribution in [2.75, 3.05) is 0 Å². The van der Waals surface area contributed by atoms with Gasteiger partial charge in [0, 0.05) is 13.2 Å². The van der Waals surface area contributed by atoms with E-state index in [4.69, 9.17) is 4.65 Å². The number of aryl methyl sites for hydroxylation is 1. The molecule has 1 aromatic heterocycles. The van der Waals surface area contributed by atoms with E-state index in [-0.39, 0.29) is 5.60 Å².